The number of unbranched alkanes of at least 4 members (excludes halogenated alkanes) is 1. The molecule has 0 heterocycles. The lowest BCUT2D eigenvalue weighted by molar-refractivity contribution is 0.587. The van der Waals surface area contributed by atoms with E-state index in [1.165, 1.54) is 0 Å². The average molecular weight is 267 g/mol. The van der Waals surface area contributed by atoms with E-state index in [4.69, 9.17) is 5.73 Å². The topological polar surface area (TPSA) is 60.2 Å². The molecule has 3 nitrogen and oxygen atoms in total. The van der Waals surface area contributed by atoms with E-state index in [1.807, 2.05) is 18.2 Å². The fourth-order valence-electron chi connectivity index (χ4n) is 1.50. The van der Waals surface area contributed by atoms with Gasteiger partial charge in [0.05, 0.1) is 10.1 Å². The predicted molar refractivity (Wildman–Crippen MR) is 76.1 cm³/mol. The summed E-state index contributed by atoms with van der Waals surface area (Å²) in [5.41, 5.74) is 6.41. The average Bonchev–Trinajstić information content (AvgIpc) is 2.35. The first-order chi connectivity index (χ1) is 8.48. The van der Waals surface area contributed by atoms with Crippen LogP contribution in [0.25, 0.3) is 6.08 Å². The Morgan fingerprint density at radius 2 is 1.83 bits per heavy atom. The highest BCUT2D eigenvalue weighted by molar-refractivity contribution is 7.92. The maximum Gasteiger partial charge on any atom is 0.180 e. The summed E-state index contributed by atoms with van der Waals surface area (Å²) in [5.74, 6) is 0. The number of allylic oxidation sites excluding steroid dienone is 1. The van der Waals surface area contributed by atoms with Gasteiger partial charge in [-0.25, -0.2) is 8.42 Å². The molecule has 0 aliphatic heterocycles. The first-order valence-electron chi connectivity index (χ1n) is 6.19. The Bertz CT molecular complexity index is 487. The van der Waals surface area contributed by atoms with Gasteiger partial charge in [-0.15, -0.1) is 0 Å². The maximum absolute atomic E-state index is 11.9. The van der Waals surface area contributed by atoms with Gasteiger partial charge in [-0.05, 0) is 50.9 Å². The van der Waals surface area contributed by atoms with Crippen molar-refractivity contribution < 1.29 is 8.42 Å². The Balaban J connectivity index is 2.78. The molecular formula is C14H21NO2S. The molecule has 0 radical (unpaired) electrons. The molecule has 1 aromatic carbocycles. The van der Waals surface area contributed by atoms with Gasteiger partial charge >= 0.3 is 0 Å². The molecule has 1 rings (SSSR count). The zero-order valence-corrected chi connectivity index (χ0v) is 11.8. The summed E-state index contributed by atoms with van der Waals surface area (Å²) in [5, 5.41) is -0.386. The normalized spacial score (nSPS) is 12.4. The van der Waals surface area contributed by atoms with Crippen LogP contribution in [0.4, 0.5) is 0 Å². The molecule has 0 aliphatic rings. The second-order valence-corrected chi connectivity index (χ2v) is 7.00. The molecule has 0 saturated carbocycles. The van der Waals surface area contributed by atoms with Gasteiger partial charge in [-0.2, -0.15) is 0 Å². The monoisotopic (exact) mass is 267 g/mol. The van der Waals surface area contributed by atoms with Crippen LogP contribution < -0.4 is 5.73 Å². The number of sulfone groups is 1. The minimum Gasteiger partial charge on any atom is -0.330 e. The number of hydrogen-bond acceptors (Lipinski definition) is 3. The quantitative estimate of drug-likeness (QED) is 0.806. The molecule has 0 amide bonds. The summed E-state index contributed by atoms with van der Waals surface area (Å²) in [6, 6.07) is 6.98. The third kappa shape index (κ3) is 3.96. The Hall–Kier alpha value is -1.13. The number of hydrogen-bond donors (Lipinski definition) is 1. The zero-order chi connectivity index (χ0) is 13.6. The minimum absolute atomic E-state index is 0.386. The Labute approximate surface area is 110 Å². The lowest BCUT2D eigenvalue weighted by atomic mass is 10.2. The van der Waals surface area contributed by atoms with Crippen LogP contribution in [-0.2, 0) is 9.84 Å². The van der Waals surface area contributed by atoms with Crippen LogP contribution in [0.15, 0.2) is 35.2 Å². The lowest BCUT2D eigenvalue weighted by Gasteiger charge is -2.07. The smallest absolute Gasteiger partial charge is 0.180 e. The van der Waals surface area contributed by atoms with E-state index in [9.17, 15) is 8.42 Å². The molecular weight excluding hydrogens is 246 g/mol. The van der Waals surface area contributed by atoms with Crippen LogP contribution in [0.2, 0.25) is 0 Å². The van der Waals surface area contributed by atoms with Gasteiger partial charge in [0.15, 0.2) is 9.84 Å². The van der Waals surface area contributed by atoms with Crippen LogP contribution in [-0.4, -0.2) is 20.2 Å². The third-order valence-corrected chi connectivity index (χ3v) is 4.88. The molecule has 0 saturated heterocycles. The van der Waals surface area contributed by atoms with Crippen LogP contribution >= 0.6 is 0 Å². The molecule has 2 N–H and O–H groups in total. The molecule has 0 spiro atoms. The first-order valence-corrected chi connectivity index (χ1v) is 7.73. The van der Waals surface area contributed by atoms with Crippen molar-refractivity contribution in [3.63, 3.8) is 0 Å². The summed E-state index contributed by atoms with van der Waals surface area (Å²) < 4.78 is 23.8. The number of rotatable bonds is 6. The van der Waals surface area contributed by atoms with Gasteiger partial charge in [0.1, 0.15) is 0 Å². The summed E-state index contributed by atoms with van der Waals surface area (Å²) in [6.07, 6.45) is 5.96. The van der Waals surface area contributed by atoms with E-state index in [1.54, 1.807) is 26.0 Å². The van der Waals surface area contributed by atoms with E-state index < -0.39 is 9.84 Å². The van der Waals surface area contributed by atoms with E-state index in [0.29, 0.717) is 11.4 Å². The van der Waals surface area contributed by atoms with Crippen LogP contribution in [0.1, 0.15) is 32.3 Å². The van der Waals surface area contributed by atoms with E-state index in [0.717, 1.165) is 18.4 Å². The van der Waals surface area contributed by atoms with Crippen molar-refractivity contribution in [2.45, 2.75) is 36.8 Å². The molecule has 0 aromatic heterocycles. The lowest BCUT2D eigenvalue weighted by Crippen LogP contribution is -2.13. The summed E-state index contributed by atoms with van der Waals surface area (Å²) in [7, 11) is -3.16. The summed E-state index contributed by atoms with van der Waals surface area (Å²) in [4.78, 5) is 0.386. The van der Waals surface area contributed by atoms with Crippen LogP contribution in [0, 0.1) is 0 Å². The van der Waals surface area contributed by atoms with Crippen LogP contribution in [0.3, 0.4) is 0 Å². The zero-order valence-electron chi connectivity index (χ0n) is 11.0. The third-order valence-electron chi connectivity index (χ3n) is 2.71. The van der Waals surface area contributed by atoms with Gasteiger partial charge in [-0.3, -0.25) is 0 Å². The highest BCUT2D eigenvalue weighted by Crippen LogP contribution is 2.17. The van der Waals surface area contributed by atoms with Gasteiger partial charge in [0, 0.05) is 0 Å². The molecule has 0 bridgehead atoms. The van der Waals surface area contributed by atoms with Gasteiger partial charge in [-0.1, -0.05) is 24.3 Å². The van der Waals surface area contributed by atoms with Gasteiger partial charge in [0.25, 0.3) is 0 Å². The number of benzene rings is 1. The molecule has 0 unspecified atom stereocenters. The highest BCUT2D eigenvalue weighted by atomic mass is 32.2. The SMILES string of the molecule is CC(C)S(=O)(=O)c1ccc(/C=C/CCCN)cc1. The summed E-state index contributed by atoms with van der Waals surface area (Å²) >= 11 is 0. The molecule has 100 valence electrons. The molecule has 0 aliphatic carbocycles. The van der Waals surface area contributed by atoms with Crippen molar-refractivity contribution in [3.05, 3.63) is 35.9 Å². The Kier molecular flexibility index (Phi) is 5.56. The van der Waals surface area contributed by atoms with E-state index >= 15 is 0 Å². The van der Waals surface area contributed by atoms with Crippen molar-refractivity contribution in [2.24, 2.45) is 5.73 Å². The Morgan fingerprint density at radius 3 is 2.33 bits per heavy atom. The van der Waals surface area contributed by atoms with Crippen molar-refractivity contribution in [2.75, 3.05) is 6.54 Å². The molecule has 0 fully saturated rings. The first kappa shape index (κ1) is 14.9. The van der Waals surface area contributed by atoms with Crippen molar-refractivity contribution in [1.29, 1.82) is 0 Å². The van der Waals surface area contributed by atoms with E-state index in [2.05, 4.69) is 6.08 Å². The molecule has 18 heavy (non-hydrogen) atoms. The van der Waals surface area contributed by atoms with Crippen LogP contribution in [0.5, 0.6) is 0 Å². The fourth-order valence-corrected chi connectivity index (χ4v) is 2.56. The van der Waals surface area contributed by atoms with Crippen molar-refractivity contribution in [1.82, 2.24) is 0 Å². The predicted octanol–water partition coefficient (Wildman–Crippen LogP) is 2.62. The van der Waals surface area contributed by atoms with Gasteiger partial charge < -0.3 is 5.73 Å². The van der Waals surface area contributed by atoms with Gasteiger partial charge in [0.2, 0.25) is 0 Å². The minimum atomic E-state index is -3.16. The fraction of sp³-hybridized carbons (Fsp3) is 0.429. The highest BCUT2D eigenvalue weighted by Gasteiger charge is 2.18. The standard InChI is InChI=1S/C14H21NO2S/c1-12(2)18(16,17)14-9-7-13(8-10-14)6-4-3-5-11-15/h4,6-10,12H,3,5,11,15H2,1-2H3/b6-4+. The number of nitrogens with two attached hydrogens (primary N) is 1. The molecule has 4 heteroatoms. The van der Waals surface area contributed by atoms with Crippen molar-refractivity contribution in [3.8, 4) is 0 Å². The largest absolute Gasteiger partial charge is 0.330 e. The Morgan fingerprint density at radius 1 is 1.22 bits per heavy atom. The van der Waals surface area contributed by atoms with E-state index in [-0.39, 0.29) is 5.25 Å². The maximum atomic E-state index is 11.9. The summed E-state index contributed by atoms with van der Waals surface area (Å²) in [6.45, 7) is 4.07. The van der Waals surface area contributed by atoms with Crippen molar-refractivity contribution >= 4 is 15.9 Å². The molecule has 1 aromatic rings. The molecule has 0 atom stereocenters. The second-order valence-electron chi connectivity index (χ2n) is 4.50. The second kappa shape index (κ2) is 6.71.